The number of hydrogen-bond donors (Lipinski definition) is 1. The SMILES string of the molecule is CCN(CC)S(=O)(=O)c1cc(C(=O)Nc2nc(CN3CCC[C@@H](C)C3)cs2)ccc1Cl. The number of halogens is 1. The number of piperidine rings is 1. The second-order valence-electron chi connectivity index (χ2n) is 7.82. The molecule has 0 unspecified atom stereocenters. The van der Waals surface area contributed by atoms with Crippen molar-refractivity contribution in [1.29, 1.82) is 0 Å². The van der Waals surface area contributed by atoms with Crippen molar-refractivity contribution in [2.24, 2.45) is 5.92 Å². The number of nitrogens with zero attached hydrogens (tertiary/aromatic N) is 3. The number of nitrogens with one attached hydrogen (secondary N) is 1. The van der Waals surface area contributed by atoms with Gasteiger partial charge in [-0.2, -0.15) is 4.31 Å². The molecule has 31 heavy (non-hydrogen) atoms. The Hall–Kier alpha value is -1.52. The van der Waals surface area contributed by atoms with Gasteiger partial charge in [-0.05, 0) is 43.5 Å². The first-order valence-corrected chi connectivity index (χ1v) is 13.2. The van der Waals surface area contributed by atoms with Crippen LogP contribution in [0.4, 0.5) is 5.13 Å². The number of benzene rings is 1. The topological polar surface area (TPSA) is 82.6 Å². The first kappa shape index (κ1) is 24.1. The molecule has 1 N–H and O–H groups in total. The largest absolute Gasteiger partial charge is 0.298 e. The van der Waals surface area contributed by atoms with E-state index >= 15 is 0 Å². The van der Waals surface area contributed by atoms with Crippen molar-refractivity contribution in [1.82, 2.24) is 14.2 Å². The quantitative estimate of drug-likeness (QED) is 0.603. The van der Waals surface area contributed by atoms with Crippen molar-refractivity contribution in [3.63, 3.8) is 0 Å². The number of amides is 1. The fourth-order valence-electron chi connectivity index (χ4n) is 3.81. The average molecular weight is 485 g/mol. The molecular weight excluding hydrogens is 456 g/mol. The molecule has 1 aromatic heterocycles. The second kappa shape index (κ2) is 10.4. The Bertz CT molecular complexity index is 1020. The van der Waals surface area contributed by atoms with E-state index in [4.69, 9.17) is 11.6 Å². The van der Waals surface area contributed by atoms with Crippen LogP contribution in [-0.2, 0) is 16.6 Å². The van der Waals surface area contributed by atoms with Crippen molar-refractivity contribution in [3.05, 3.63) is 39.9 Å². The van der Waals surface area contributed by atoms with Gasteiger partial charge in [0.05, 0.1) is 10.7 Å². The van der Waals surface area contributed by atoms with Crippen LogP contribution in [0.2, 0.25) is 5.02 Å². The zero-order valence-electron chi connectivity index (χ0n) is 18.1. The fourth-order valence-corrected chi connectivity index (χ4v) is 6.47. The number of aromatic nitrogens is 1. The van der Waals surface area contributed by atoms with Gasteiger partial charge in [0.15, 0.2) is 5.13 Å². The first-order valence-electron chi connectivity index (χ1n) is 10.5. The normalized spacial score (nSPS) is 17.8. The first-order chi connectivity index (χ1) is 14.7. The molecule has 10 heteroatoms. The van der Waals surface area contributed by atoms with E-state index in [0.717, 1.165) is 25.3 Å². The molecule has 1 fully saturated rings. The van der Waals surface area contributed by atoms with Gasteiger partial charge in [-0.25, -0.2) is 13.4 Å². The lowest BCUT2D eigenvalue weighted by Gasteiger charge is -2.30. The van der Waals surface area contributed by atoms with Crippen LogP contribution in [-0.4, -0.2) is 54.7 Å². The van der Waals surface area contributed by atoms with Crippen LogP contribution >= 0.6 is 22.9 Å². The molecule has 1 aliphatic rings. The zero-order chi connectivity index (χ0) is 22.6. The van der Waals surface area contributed by atoms with E-state index in [1.54, 1.807) is 13.8 Å². The van der Waals surface area contributed by atoms with Crippen LogP contribution in [0.5, 0.6) is 0 Å². The summed E-state index contributed by atoms with van der Waals surface area (Å²) in [5, 5.41) is 5.32. The minimum atomic E-state index is -3.77. The number of carbonyl (C=O) groups excluding carboxylic acids is 1. The van der Waals surface area contributed by atoms with E-state index in [1.807, 2.05) is 5.38 Å². The molecule has 1 amide bonds. The lowest BCUT2D eigenvalue weighted by molar-refractivity contribution is 0.102. The average Bonchev–Trinajstić information content (AvgIpc) is 3.15. The molecule has 7 nitrogen and oxygen atoms in total. The number of likely N-dealkylation sites (tertiary alicyclic amines) is 1. The van der Waals surface area contributed by atoms with Crippen molar-refractivity contribution < 1.29 is 13.2 Å². The Morgan fingerprint density at radius 2 is 2.10 bits per heavy atom. The number of sulfonamides is 1. The maximum absolute atomic E-state index is 12.9. The molecule has 2 heterocycles. The van der Waals surface area contributed by atoms with Crippen LogP contribution in [0, 0.1) is 5.92 Å². The molecule has 0 bridgehead atoms. The van der Waals surface area contributed by atoms with Crippen molar-refractivity contribution in [2.45, 2.75) is 45.1 Å². The molecule has 0 radical (unpaired) electrons. The van der Waals surface area contributed by atoms with E-state index in [2.05, 4.69) is 22.1 Å². The number of rotatable bonds is 8. The Kier molecular flexibility index (Phi) is 8.09. The van der Waals surface area contributed by atoms with Crippen molar-refractivity contribution in [2.75, 3.05) is 31.5 Å². The van der Waals surface area contributed by atoms with Gasteiger partial charge in [-0.15, -0.1) is 11.3 Å². The minimum Gasteiger partial charge on any atom is -0.298 e. The molecule has 3 rings (SSSR count). The van der Waals surface area contributed by atoms with Gasteiger partial charge in [0.2, 0.25) is 10.0 Å². The van der Waals surface area contributed by atoms with Gasteiger partial charge in [-0.3, -0.25) is 15.0 Å². The maximum Gasteiger partial charge on any atom is 0.257 e. The Labute approximate surface area is 193 Å². The van der Waals surface area contributed by atoms with Crippen LogP contribution in [0.15, 0.2) is 28.5 Å². The molecule has 1 aromatic carbocycles. The monoisotopic (exact) mass is 484 g/mol. The van der Waals surface area contributed by atoms with E-state index in [-0.39, 0.29) is 15.5 Å². The standard InChI is InChI=1S/C21H29ClN4O3S2/c1-4-26(5-2)31(28,29)19-11-16(8-9-18(19)22)20(27)24-21-23-17(14-30-21)13-25-10-6-7-15(3)12-25/h8-9,11,14-15H,4-7,10,12-13H2,1-3H3,(H,23,24,27)/t15-/m1/s1. The Morgan fingerprint density at radius 1 is 1.35 bits per heavy atom. The summed E-state index contributed by atoms with van der Waals surface area (Å²) in [6.45, 7) is 9.33. The summed E-state index contributed by atoms with van der Waals surface area (Å²) in [6, 6.07) is 4.29. The summed E-state index contributed by atoms with van der Waals surface area (Å²) in [4.78, 5) is 19.6. The molecule has 2 aromatic rings. The third kappa shape index (κ3) is 5.84. The van der Waals surface area contributed by atoms with Crippen LogP contribution in [0.25, 0.3) is 0 Å². The van der Waals surface area contributed by atoms with Gasteiger partial charge >= 0.3 is 0 Å². The smallest absolute Gasteiger partial charge is 0.257 e. The molecule has 1 aliphatic heterocycles. The Morgan fingerprint density at radius 3 is 2.77 bits per heavy atom. The van der Waals surface area contributed by atoms with E-state index in [1.165, 1.54) is 46.7 Å². The van der Waals surface area contributed by atoms with Crippen LogP contribution in [0.3, 0.4) is 0 Å². The van der Waals surface area contributed by atoms with Crippen LogP contribution < -0.4 is 5.32 Å². The second-order valence-corrected chi connectivity index (χ2v) is 11.0. The predicted molar refractivity (Wildman–Crippen MR) is 125 cm³/mol. The third-order valence-corrected chi connectivity index (χ3v) is 8.75. The molecule has 0 saturated carbocycles. The highest BCUT2D eigenvalue weighted by Gasteiger charge is 2.26. The Balaban J connectivity index is 1.72. The summed E-state index contributed by atoms with van der Waals surface area (Å²) < 4.78 is 27.0. The van der Waals surface area contributed by atoms with E-state index in [9.17, 15) is 13.2 Å². The maximum atomic E-state index is 12.9. The molecule has 0 spiro atoms. The molecule has 1 atom stereocenters. The van der Waals surface area contributed by atoms with Gasteiger partial charge < -0.3 is 0 Å². The van der Waals surface area contributed by atoms with Crippen molar-refractivity contribution >= 4 is 44.0 Å². The molecule has 170 valence electrons. The summed E-state index contributed by atoms with van der Waals surface area (Å²) in [5.41, 5.74) is 1.15. The highest BCUT2D eigenvalue weighted by atomic mass is 35.5. The molecule has 1 saturated heterocycles. The minimum absolute atomic E-state index is 0.0652. The summed E-state index contributed by atoms with van der Waals surface area (Å²) in [5.74, 6) is 0.276. The van der Waals surface area contributed by atoms with Gasteiger partial charge in [-0.1, -0.05) is 32.4 Å². The zero-order valence-corrected chi connectivity index (χ0v) is 20.5. The number of hydrogen-bond acceptors (Lipinski definition) is 6. The lowest BCUT2D eigenvalue weighted by Crippen LogP contribution is -2.33. The van der Waals surface area contributed by atoms with Gasteiger partial charge in [0, 0.05) is 37.1 Å². The highest BCUT2D eigenvalue weighted by Crippen LogP contribution is 2.27. The number of anilines is 1. The van der Waals surface area contributed by atoms with Gasteiger partial charge in [0.1, 0.15) is 4.90 Å². The predicted octanol–water partition coefficient (Wildman–Crippen LogP) is 4.31. The van der Waals surface area contributed by atoms with Crippen LogP contribution in [0.1, 0.15) is 49.7 Å². The third-order valence-electron chi connectivity index (χ3n) is 5.42. The summed E-state index contributed by atoms with van der Waals surface area (Å²) in [6.07, 6.45) is 2.46. The number of thiazole rings is 1. The van der Waals surface area contributed by atoms with Crippen molar-refractivity contribution in [3.8, 4) is 0 Å². The van der Waals surface area contributed by atoms with E-state index < -0.39 is 15.9 Å². The molecule has 0 aliphatic carbocycles. The fraction of sp³-hybridized carbons (Fsp3) is 0.524. The summed E-state index contributed by atoms with van der Waals surface area (Å²) >= 11 is 7.52. The molecular formula is C21H29ClN4O3S2. The lowest BCUT2D eigenvalue weighted by atomic mass is 10.0. The van der Waals surface area contributed by atoms with E-state index in [0.29, 0.717) is 24.1 Å². The number of carbonyl (C=O) groups is 1. The summed E-state index contributed by atoms with van der Waals surface area (Å²) in [7, 11) is -3.77. The highest BCUT2D eigenvalue weighted by molar-refractivity contribution is 7.89. The van der Waals surface area contributed by atoms with Gasteiger partial charge in [0.25, 0.3) is 5.91 Å².